The number of anilines is 1. The minimum atomic E-state index is -0.394. The van der Waals surface area contributed by atoms with Crippen LogP contribution in [-0.2, 0) is 14.3 Å². The molecule has 24 heavy (non-hydrogen) atoms. The van der Waals surface area contributed by atoms with E-state index in [9.17, 15) is 9.59 Å². The number of hydrogen-bond donors (Lipinski definition) is 0. The first-order valence-electron chi connectivity index (χ1n) is 8.86. The highest BCUT2D eigenvalue weighted by molar-refractivity contribution is 5.93. The van der Waals surface area contributed by atoms with Gasteiger partial charge in [0.2, 0.25) is 5.91 Å². The lowest BCUT2D eigenvalue weighted by Gasteiger charge is -2.39. The fraction of sp³-hybridized carbons (Fsp3) is 0.579. The van der Waals surface area contributed by atoms with Gasteiger partial charge in [-0.3, -0.25) is 9.59 Å². The number of carbonyl (C=O) groups is 2. The lowest BCUT2D eigenvalue weighted by molar-refractivity contribution is -0.143. The number of likely N-dealkylation sites (tertiary alicyclic amines) is 1. The zero-order valence-electron chi connectivity index (χ0n) is 14.9. The van der Waals surface area contributed by atoms with Gasteiger partial charge in [0, 0.05) is 37.8 Å². The second-order valence-corrected chi connectivity index (χ2v) is 6.11. The number of rotatable bonds is 6. The predicted molar refractivity (Wildman–Crippen MR) is 94.9 cm³/mol. The molecule has 1 aliphatic heterocycles. The van der Waals surface area contributed by atoms with E-state index in [0.29, 0.717) is 26.1 Å². The number of benzene rings is 1. The number of para-hydroxylation sites is 1. The summed E-state index contributed by atoms with van der Waals surface area (Å²) < 4.78 is 5.40. The van der Waals surface area contributed by atoms with E-state index in [1.165, 1.54) is 0 Å². The summed E-state index contributed by atoms with van der Waals surface area (Å²) in [6, 6.07) is 9.95. The van der Waals surface area contributed by atoms with E-state index in [1.54, 1.807) is 6.92 Å². The van der Waals surface area contributed by atoms with Crippen LogP contribution in [0.1, 0.15) is 40.0 Å². The average Bonchev–Trinajstić information content (AvgIpc) is 2.63. The molecular formula is C19H28N2O3. The van der Waals surface area contributed by atoms with Crippen LogP contribution in [0.3, 0.4) is 0 Å². The highest BCUT2D eigenvalue weighted by Crippen LogP contribution is 2.25. The monoisotopic (exact) mass is 332 g/mol. The maximum Gasteiger partial charge on any atom is 0.251 e. The molecule has 0 radical (unpaired) electrons. The number of nitrogens with zero attached hydrogens (tertiary/aromatic N) is 2. The van der Waals surface area contributed by atoms with Crippen molar-refractivity contribution in [2.24, 2.45) is 0 Å². The largest absolute Gasteiger partial charge is 0.369 e. The maximum absolute atomic E-state index is 12.4. The molecule has 0 spiro atoms. The van der Waals surface area contributed by atoms with Gasteiger partial charge in [-0.15, -0.1) is 0 Å². The van der Waals surface area contributed by atoms with Gasteiger partial charge in [-0.05, 0) is 38.8 Å². The molecule has 0 N–H and O–H groups in total. The normalized spacial score (nSPS) is 16.7. The van der Waals surface area contributed by atoms with Gasteiger partial charge in [0.1, 0.15) is 6.10 Å². The lowest BCUT2D eigenvalue weighted by atomic mass is 10.0. The average molecular weight is 332 g/mol. The van der Waals surface area contributed by atoms with Crippen LogP contribution in [0.5, 0.6) is 0 Å². The standard InChI is InChI=1S/C19H28N2O3/c1-4-18(22)21(16-9-7-6-8-10-16)17-11-13-20(14-12-17)19(23)15(3)24-5-2/h6-10,15,17H,4-5,11-14H2,1-3H3/t15-/m1/s1. The van der Waals surface area contributed by atoms with Crippen molar-refractivity contribution in [3.63, 3.8) is 0 Å². The Balaban J connectivity index is 2.03. The minimum Gasteiger partial charge on any atom is -0.369 e. The van der Waals surface area contributed by atoms with Crippen LogP contribution < -0.4 is 4.90 Å². The second kappa shape index (κ2) is 8.83. The minimum absolute atomic E-state index is 0.0448. The van der Waals surface area contributed by atoms with E-state index in [4.69, 9.17) is 4.74 Å². The highest BCUT2D eigenvalue weighted by atomic mass is 16.5. The van der Waals surface area contributed by atoms with Crippen molar-refractivity contribution in [3.05, 3.63) is 30.3 Å². The summed E-state index contributed by atoms with van der Waals surface area (Å²) in [5, 5.41) is 0. The predicted octanol–water partition coefficient (Wildman–Crippen LogP) is 2.85. The first-order valence-corrected chi connectivity index (χ1v) is 8.86. The SMILES string of the molecule is CCO[C@H](C)C(=O)N1CCC(N(C(=O)CC)c2ccccc2)CC1. The fourth-order valence-electron chi connectivity index (χ4n) is 3.24. The molecule has 2 rings (SSSR count). The van der Waals surface area contributed by atoms with E-state index < -0.39 is 6.10 Å². The molecule has 0 bridgehead atoms. The van der Waals surface area contributed by atoms with Gasteiger partial charge in [-0.1, -0.05) is 25.1 Å². The summed E-state index contributed by atoms with van der Waals surface area (Å²) in [7, 11) is 0. The smallest absolute Gasteiger partial charge is 0.251 e. The van der Waals surface area contributed by atoms with Crippen LogP contribution in [0.2, 0.25) is 0 Å². The molecule has 1 atom stereocenters. The quantitative estimate of drug-likeness (QED) is 0.805. The van der Waals surface area contributed by atoms with Gasteiger partial charge < -0.3 is 14.5 Å². The molecule has 5 nitrogen and oxygen atoms in total. The second-order valence-electron chi connectivity index (χ2n) is 6.11. The Kier molecular flexibility index (Phi) is 6.79. The van der Waals surface area contributed by atoms with Gasteiger partial charge in [0.15, 0.2) is 0 Å². The number of ether oxygens (including phenoxy) is 1. The molecule has 5 heteroatoms. The third kappa shape index (κ3) is 4.35. The molecule has 0 aromatic heterocycles. The van der Waals surface area contributed by atoms with Crippen LogP contribution in [0.25, 0.3) is 0 Å². The molecule has 1 heterocycles. The van der Waals surface area contributed by atoms with E-state index in [2.05, 4.69) is 0 Å². The summed E-state index contributed by atoms with van der Waals surface area (Å²) in [5.74, 6) is 0.178. The van der Waals surface area contributed by atoms with Crippen LogP contribution in [-0.4, -0.2) is 48.6 Å². The van der Waals surface area contributed by atoms with Gasteiger partial charge >= 0.3 is 0 Å². The maximum atomic E-state index is 12.4. The third-order valence-electron chi connectivity index (χ3n) is 4.51. The summed E-state index contributed by atoms with van der Waals surface area (Å²) in [5.41, 5.74) is 0.941. The topological polar surface area (TPSA) is 49.9 Å². The molecule has 1 aliphatic rings. The zero-order valence-corrected chi connectivity index (χ0v) is 14.9. The van der Waals surface area contributed by atoms with Crippen molar-refractivity contribution in [1.82, 2.24) is 4.90 Å². The van der Waals surface area contributed by atoms with Crippen LogP contribution in [0.15, 0.2) is 30.3 Å². The molecule has 1 aromatic rings. The third-order valence-corrected chi connectivity index (χ3v) is 4.51. The Morgan fingerprint density at radius 3 is 2.38 bits per heavy atom. The van der Waals surface area contributed by atoms with Crippen molar-refractivity contribution >= 4 is 17.5 Å². The van der Waals surface area contributed by atoms with E-state index in [-0.39, 0.29) is 17.9 Å². The van der Waals surface area contributed by atoms with E-state index in [0.717, 1.165) is 18.5 Å². The fourth-order valence-corrected chi connectivity index (χ4v) is 3.24. The lowest BCUT2D eigenvalue weighted by Crippen LogP contribution is -2.50. The molecule has 0 saturated carbocycles. The van der Waals surface area contributed by atoms with E-state index in [1.807, 2.05) is 54.0 Å². The first kappa shape index (κ1) is 18.5. The number of hydrogen-bond acceptors (Lipinski definition) is 3. The van der Waals surface area contributed by atoms with Gasteiger partial charge in [0.05, 0.1) is 0 Å². The summed E-state index contributed by atoms with van der Waals surface area (Å²) in [6.07, 6.45) is 1.68. The van der Waals surface area contributed by atoms with Gasteiger partial charge in [-0.25, -0.2) is 0 Å². The Morgan fingerprint density at radius 1 is 1.21 bits per heavy atom. The molecule has 132 valence electrons. The van der Waals surface area contributed by atoms with Gasteiger partial charge in [0.25, 0.3) is 5.91 Å². The van der Waals surface area contributed by atoms with E-state index >= 15 is 0 Å². The molecule has 0 aliphatic carbocycles. The molecular weight excluding hydrogens is 304 g/mol. The molecule has 1 aromatic carbocycles. The van der Waals surface area contributed by atoms with Crippen LogP contribution >= 0.6 is 0 Å². The number of piperidine rings is 1. The van der Waals surface area contributed by atoms with Gasteiger partial charge in [-0.2, -0.15) is 0 Å². The Labute approximate surface area is 144 Å². The molecule has 2 amide bonds. The molecule has 1 saturated heterocycles. The van der Waals surface area contributed by atoms with Crippen molar-refractivity contribution in [3.8, 4) is 0 Å². The highest BCUT2D eigenvalue weighted by Gasteiger charge is 2.31. The molecule has 0 unspecified atom stereocenters. The van der Waals surface area contributed by atoms with Crippen LogP contribution in [0, 0.1) is 0 Å². The van der Waals surface area contributed by atoms with Crippen molar-refractivity contribution in [1.29, 1.82) is 0 Å². The molecule has 1 fully saturated rings. The summed E-state index contributed by atoms with van der Waals surface area (Å²) in [4.78, 5) is 28.6. The van der Waals surface area contributed by atoms with Crippen LogP contribution in [0.4, 0.5) is 5.69 Å². The Hall–Kier alpha value is -1.88. The van der Waals surface area contributed by atoms with Crippen molar-refractivity contribution in [2.45, 2.75) is 52.2 Å². The first-order chi connectivity index (χ1) is 11.6. The Morgan fingerprint density at radius 2 is 1.83 bits per heavy atom. The Bertz CT molecular complexity index is 539. The van der Waals surface area contributed by atoms with Crippen molar-refractivity contribution in [2.75, 3.05) is 24.6 Å². The van der Waals surface area contributed by atoms with Crippen molar-refractivity contribution < 1.29 is 14.3 Å². The number of carbonyl (C=O) groups excluding carboxylic acids is 2. The number of amides is 2. The summed E-state index contributed by atoms with van der Waals surface area (Å²) in [6.45, 7) is 7.46. The summed E-state index contributed by atoms with van der Waals surface area (Å²) >= 11 is 0. The zero-order chi connectivity index (χ0) is 17.5.